The number of aromatic nitrogens is 1. The van der Waals surface area contributed by atoms with E-state index in [1.165, 1.54) is 0 Å². The van der Waals surface area contributed by atoms with Crippen molar-refractivity contribution in [2.45, 2.75) is 45.6 Å². The molecule has 1 aliphatic rings. The van der Waals surface area contributed by atoms with Gasteiger partial charge in [0.2, 0.25) is 0 Å². The van der Waals surface area contributed by atoms with Gasteiger partial charge < -0.3 is 15.5 Å². The molecule has 20 heavy (non-hydrogen) atoms. The number of rotatable bonds is 4. The Hall–Kier alpha value is -1.62. The molecule has 110 valence electrons. The maximum Gasteiger partial charge on any atom is 0.339 e. The fourth-order valence-electron chi connectivity index (χ4n) is 2.91. The molecule has 2 unspecified atom stereocenters. The first kappa shape index (κ1) is 14.8. The molecular weight excluding hydrogens is 256 g/mol. The summed E-state index contributed by atoms with van der Waals surface area (Å²) in [5, 5.41) is 22.5. The zero-order chi connectivity index (χ0) is 14.7. The fourth-order valence-corrected chi connectivity index (χ4v) is 2.91. The summed E-state index contributed by atoms with van der Waals surface area (Å²) in [6.07, 6.45) is 3.75. The highest BCUT2D eigenvalue weighted by Crippen LogP contribution is 2.26. The average Bonchev–Trinajstić information content (AvgIpc) is 2.36. The smallest absolute Gasteiger partial charge is 0.339 e. The number of anilines is 1. The summed E-state index contributed by atoms with van der Waals surface area (Å²) in [7, 11) is 0. The zero-order valence-electron chi connectivity index (χ0n) is 12.0. The van der Waals surface area contributed by atoms with Crippen molar-refractivity contribution >= 4 is 11.7 Å². The van der Waals surface area contributed by atoms with E-state index in [0.29, 0.717) is 17.9 Å². The van der Waals surface area contributed by atoms with Gasteiger partial charge in [-0.2, -0.15) is 0 Å². The predicted molar refractivity (Wildman–Crippen MR) is 77.1 cm³/mol. The Morgan fingerprint density at radius 1 is 1.40 bits per heavy atom. The summed E-state index contributed by atoms with van der Waals surface area (Å²) in [6, 6.07) is 1.76. The van der Waals surface area contributed by atoms with Gasteiger partial charge in [0.1, 0.15) is 5.56 Å². The standard InChI is InChI=1S/C15H22N2O3/c1-9-7-12(14(15(19)20)10(2)17-9)16-8-11-5-3-4-6-13(11)18/h7,11,13,18H,3-6,8H2,1-2H3,(H,16,17)(H,19,20). The van der Waals surface area contributed by atoms with Gasteiger partial charge in [0.25, 0.3) is 0 Å². The molecule has 0 spiro atoms. The van der Waals surface area contributed by atoms with Crippen LogP contribution in [-0.4, -0.2) is 33.8 Å². The Bertz CT molecular complexity index is 502. The highest BCUT2D eigenvalue weighted by molar-refractivity contribution is 5.95. The van der Waals surface area contributed by atoms with Crippen LogP contribution in [0.3, 0.4) is 0 Å². The number of carbonyl (C=O) groups is 1. The molecule has 1 aromatic heterocycles. The van der Waals surface area contributed by atoms with Crippen molar-refractivity contribution in [3.05, 3.63) is 23.0 Å². The monoisotopic (exact) mass is 278 g/mol. The molecule has 0 saturated heterocycles. The number of hydrogen-bond acceptors (Lipinski definition) is 4. The van der Waals surface area contributed by atoms with Gasteiger partial charge in [-0.05, 0) is 32.8 Å². The van der Waals surface area contributed by atoms with Crippen LogP contribution >= 0.6 is 0 Å². The highest BCUT2D eigenvalue weighted by Gasteiger charge is 2.23. The minimum atomic E-state index is -0.971. The third-order valence-electron chi connectivity index (χ3n) is 3.97. The maximum atomic E-state index is 11.3. The summed E-state index contributed by atoms with van der Waals surface area (Å²) in [4.78, 5) is 15.5. The molecule has 1 saturated carbocycles. The summed E-state index contributed by atoms with van der Waals surface area (Å²) >= 11 is 0. The van der Waals surface area contributed by atoms with E-state index in [9.17, 15) is 15.0 Å². The molecule has 1 fully saturated rings. The second-order valence-corrected chi connectivity index (χ2v) is 5.57. The van der Waals surface area contributed by atoms with Crippen molar-refractivity contribution in [1.29, 1.82) is 0 Å². The van der Waals surface area contributed by atoms with Gasteiger partial charge in [-0.15, -0.1) is 0 Å². The largest absolute Gasteiger partial charge is 0.478 e. The molecule has 0 aromatic carbocycles. The van der Waals surface area contributed by atoms with Crippen LogP contribution in [0.15, 0.2) is 6.07 Å². The van der Waals surface area contributed by atoms with Gasteiger partial charge in [-0.3, -0.25) is 4.98 Å². The first-order valence-corrected chi connectivity index (χ1v) is 7.12. The topological polar surface area (TPSA) is 82.5 Å². The lowest BCUT2D eigenvalue weighted by Crippen LogP contribution is -2.30. The summed E-state index contributed by atoms with van der Waals surface area (Å²) in [6.45, 7) is 4.15. The lowest BCUT2D eigenvalue weighted by atomic mass is 9.86. The number of aromatic carboxylic acids is 1. The van der Waals surface area contributed by atoms with Gasteiger partial charge in [0, 0.05) is 18.2 Å². The molecule has 1 aromatic rings. The average molecular weight is 278 g/mol. The van der Waals surface area contributed by atoms with Crippen molar-refractivity contribution in [2.75, 3.05) is 11.9 Å². The Morgan fingerprint density at radius 3 is 2.75 bits per heavy atom. The van der Waals surface area contributed by atoms with Crippen LogP contribution in [-0.2, 0) is 0 Å². The number of carboxylic acid groups (broad SMARTS) is 1. The SMILES string of the molecule is Cc1cc(NCC2CCCCC2O)c(C(=O)O)c(C)n1. The molecule has 5 heteroatoms. The lowest BCUT2D eigenvalue weighted by molar-refractivity contribution is 0.0696. The van der Waals surface area contributed by atoms with E-state index in [2.05, 4.69) is 10.3 Å². The van der Waals surface area contributed by atoms with Gasteiger partial charge in [0.15, 0.2) is 0 Å². The zero-order valence-corrected chi connectivity index (χ0v) is 12.0. The van der Waals surface area contributed by atoms with Gasteiger partial charge in [-0.1, -0.05) is 12.8 Å². The summed E-state index contributed by atoms with van der Waals surface area (Å²) in [5.41, 5.74) is 2.13. The second-order valence-electron chi connectivity index (χ2n) is 5.57. The quantitative estimate of drug-likeness (QED) is 0.787. The van der Waals surface area contributed by atoms with E-state index < -0.39 is 5.97 Å². The molecule has 5 nitrogen and oxygen atoms in total. The Kier molecular flexibility index (Phi) is 4.60. The molecule has 2 rings (SSSR count). The Labute approximate surface area is 119 Å². The van der Waals surface area contributed by atoms with Gasteiger partial charge in [-0.25, -0.2) is 4.79 Å². The predicted octanol–water partition coefficient (Wildman–Crippen LogP) is 2.36. The van der Waals surface area contributed by atoms with E-state index in [0.717, 1.165) is 31.4 Å². The molecule has 3 N–H and O–H groups in total. The molecule has 0 bridgehead atoms. The molecule has 1 aliphatic carbocycles. The van der Waals surface area contributed by atoms with Crippen molar-refractivity contribution in [2.24, 2.45) is 5.92 Å². The molecule has 0 amide bonds. The normalized spacial score (nSPS) is 22.6. The van der Waals surface area contributed by atoms with E-state index in [4.69, 9.17) is 0 Å². The number of aryl methyl sites for hydroxylation is 2. The van der Waals surface area contributed by atoms with Crippen LogP contribution < -0.4 is 5.32 Å². The number of carboxylic acids is 1. The number of hydrogen-bond donors (Lipinski definition) is 3. The van der Waals surface area contributed by atoms with E-state index >= 15 is 0 Å². The minimum absolute atomic E-state index is 0.194. The highest BCUT2D eigenvalue weighted by atomic mass is 16.4. The van der Waals surface area contributed by atoms with Crippen molar-refractivity contribution in [3.8, 4) is 0 Å². The molecular formula is C15H22N2O3. The van der Waals surface area contributed by atoms with Crippen molar-refractivity contribution in [1.82, 2.24) is 4.98 Å². The summed E-state index contributed by atoms with van der Waals surface area (Å²) in [5.74, 6) is -0.777. The number of aliphatic hydroxyl groups is 1. The van der Waals surface area contributed by atoms with Crippen LogP contribution in [0.25, 0.3) is 0 Å². The first-order chi connectivity index (χ1) is 9.49. The van der Waals surface area contributed by atoms with Crippen LogP contribution in [0.5, 0.6) is 0 Å². The van der Waals surface area contributed by atoms with Crippen LogP contribution in [0.2, 0.25) is 0 Å². The van der Waals surface area contributed by atoms with Crippen LogP contribution in [0.1, 0.15) is 47.4 Å². The van der Waals surface area contributed by atoms with Gasteiger partial charge >= 0.3 is 5.97 Å². The number of aliphatic hydroxyl groups excluding tert-OH is 1. The third kappa shape index (κ3) is 3.28. The maximum absolute atomic E-state index is 11.3. The van der Waals surface area contributed by atoms with E-state index in [1.54, 1.807) is 13.0 Å². The molecule has 2 atom stereocenters. The van der Waals surface area contributed by atoms with Crippen molar-refractivity contribution < 1.29 is 15.0 Å². The summed E-state index contributed by atoms with van der Waals surface area (Å²) < 4.78 is 0. The Morgan fingerprint density at radius 2 is 2.10 bits per heavy atom. The van der Waals surface area contributed by atoms with E-state index in [1.807, 2.05) is 6.92 Å². The van der Waals surface area contributed by atoms with Crippen LogP contribution in [0.4, 0.5) is 5.69 Å². The molecule has 0 aliphatic heterocycles. The number of pyridine rings is 1. The van der Waals surface area contributed by atoms with Gasteiger partial charge in [0.05, 0.1) is 17.5 Å². The molecule has 1 heterocycles. The Balaban J connectivity index is 2.14. The van der Waals surface area contributed by atoms with Crippen molar-refractivity contribution in [3.63, 3.8) is 0 Å². The fraction of sp³-hybridized carbons (Fsp3) is 0.600. The molecule has 0 radical (unpaired) electrons. The lowest BCUT2D eigenvalue weighted by Gasteiger charge is -2.28. The third-order valence-corrected chi connectivity index (χ3v) is 3.97. The minimum Gasteiger partial charge on any atom is -0.478 e. The number of nitrogens with zero attached hydrogens (tertiary/aromatic N) is 1. The first-order valence-electron chi connectivity index (χ1n) is 7.12. The number of nitrogens with one attached hydrogen (secondary N) is 1. The second kappa shape index (κ2) is 6.22. The van der Waals surface area contributed by atoms with E-state index in [-0.39, 0.29) is 17.6 Å². The van der Waals surface area contributed by atoms with Crippen LogP contribution in [0, 0.1) is 19.8 Å².